The maximum Gasteiger partial charge on any atom is 0.0927 e. The van der Waals surface area contributed by atoms with Crippen molar-refractivity contribution in [2.24, 2.45) is 0 Å². The summed E-state index contributed by atoms with van der Waals surface area (Å²) in [6.45, 7) is 4.18. The molecule has 0 aliphatic rings. The van der Waals surface area contributed by atoms with Gasteiger partial charge in [0.25, 0.3) is 0 Å². The van der Waals surface area contributed by atoms with E-state index in [0.29, 0.717) is 0 Å². The summed E-state index contributed by atoms with van der Waals surface area (Å²) in [6.07, 6.45) is 2.00. The van der Waals surface area contributed by atoms with E-state index in [0.717, 1.165) is 16.9 Å². The largest absolute Gasteiger partial charge is 0.240 e. The number of rotatable bonds is 2. The minimum absolute atomic E-state index is 1.00. The molecular weight excluding hydrogens is 232 g/mol. The first-order chi connectivity index (χ1) is 9.22. The van der Waals surface area contributed by atoms with E-state index in [1.807, 2.05) is 16.9 Å². The highest BCUT2D eigenvalue weighted by molar-refractivity contribution is 5.59. The van der Waals surface area contributed by atoms with Gasteiger partial charge in [0.15, 0.2) is 0 Å². The Morgan fingerprint density at radius 3 is 1.95 bits per heavy atom. The summed E-state index contributed by atoms with van der Waals surface area (Å²) in [5.41, 5.74) is 5.76. The zero-order valence-electron chi connectivity index (χ0n) is 11.2. The van der Waals surface area contributed by atoms with E-state index in [1.54, 1.807) is 0 Å². The Labute approximate surface area is 113 Å². The molecule has 0 spiro atoms. The predicted octanol–water partition coefficient (Wildman–Crippen LogP) is 4.16. The van der Waals surface area contributed by atoms with Crippen molar-refractivity contribution in [1.29, 1.82) is 0 Å². The van der Waals surface area contributed by atoms with Crippen LogP contribution in [0.5, 0.6) is 0 Å². The number of hydrogen-bond acceptors (Lipinski definition) is 1. The van der Waals surface area contributed by atoms with Crippen LogP contribution < -0.4 is 0 Å². The highest BCUT2D eigenvalue weighted by atomic mass is 15.3. The lowest BCUT2D eigenvalue weighted by molar-refractivity contribution is 0.884. The molecule has 0 radical (unpaired) electrons. The molecule has 2 aromatic carbocycles. The van der Waals surface area contributed by atoms with Crippen molar-refractivity contribution in [3.63, 3.8) is 0 Å². The molecule has 0 N–H and O–H groups in total. The lowest BCUT2D eigenvalue weighted by atomic mass is 10.1. The van der Waals surface area contributed by atoms with Crippen molar-refractivity contribution < 1.29 is 0 Å². The molecule has 0 aliphatic heterocycles. The fraction of sp³-hybridized carbons (Fsp3) is 0.118. The van der Waals surface area contributed by atoms with Crippen molar-refractivity contribution >= 4 is 0 Å². The van der Waals surface area contributed by atoms with Gasteiger partial charge in [-0.15, -0.1) is 0 Å². The van der Waals surface area contributed by atoms with Gasteiger partial charge in [0.1, 0.15) is 0 Å². The van der Waals surface area contributed by atoms with Crippen molar-refractivity contribution in [2.45, 2.75) is 13.8 Å². The summed E-state index contributed by atoms with van der Waals surface area (Å²) in [4.78, 5) is 0. The average molecular weight is 248 g/mol. The summed E-state index contributed by atoms with van der Waals surface area (Å²) >= 11 is 0. The molecule has 3 rings (SSSR count). The van der Waals surface area contributed by atoms with Crippen LogP contribution in [-0.2, 0) is 0 Å². The SMILES string of the molecule is Cc1ccc(-c2ccn(-c3ccc(C)cc3)n2)cc1. The van der Waals surface area contributed by atoms with Gasteiger partial charge in [-0.2, -0.15) is 5.10 Å². The van der Waals surface area contributed by atoms with Crippen LogP contribution in [0.15, 0.2) is 60.8 Å². The van der Waals surface area contributed by atoms with E-state index in [-0.39, 0.29) is 0 Å². The van der Waals surface area contributed by atoms with E-state index in [9.17, 15) is 0 Å². The van der Waals surface area contributed by atoms with E-state index in [1.165, 1.54) is 11.1 Å². The van der Waals surface area contributed by atoms with E-state index in [4.69, 9.17) is 0 Å². The van der Waals surface area contributed by atoms with Gasteiger partial charge in [0.05, 0.1) is 11.4 Å². The summed E-state index contributed by atoms with van der Waals surface area (Å²) in [6, 6.07) is 18.9. The van der Waals surface area contributed by atoms with Crippen molar-refractivity contribution in [2.75, 3.05) is 0 Å². The summed E-state index contributed by atoms with van der Waals surface area (Å²) in [5, 5.41) is 4.63. The monoisotopic (exact) mass is 248 g/mol. The normalized spacial score (nSPS) is 10.6. The molecule has 0 fully saturated rings. The van der Waals surface area contributed by atoms with Crippen LogP contribution in [0.1, 0.15) is 11.1 Å². The fourth-order valence-corrected chi connectivity index (χ4v) is 2.04. The van der Waals surface area contributed by atoms with Crippen molar-refractivity contribution in [1.82, 2.24) is 9.78 Å². The van der Waals surface area contributed by atoms with Crippen LogP contribution in [0.3, 0.4) is 0 Å². The molecule has 2 nitrogen and oxygen atoms in total. The van der Waals surface area contributed by atoms with Crippen LogP contribution >= 0.6 is 0 Å². The summed E-state index contributed by atoms with van der Waals surface area (Å²) in [7, 11) is 0. The zero-order chi connectivity index (χ0) is 13.2. The molecule has 94 valence electrons. The molecular formula is C17H16N2. The number of hydrogen-bond donors (Lipinski definition) is 0. The van der Waals surface area contributed by atoms with Gasteiger partial charge in [0.2, 0.25) is 0 Å². The Morgan fingerprint density at radius 1 is 0.737 bits per heavy atom. The minimum atomic E-state index is 1.00. The topological polar surface area (TPSA) is 17.8 Å². The standard InChI is InChI=1S/C17H16N2/c1-13-3-7-15(8-4-13)17-11-12-19(18-17)16-9-5-14(2)6-10-16/h3-12H,1-2H3. The molecule has 1 aromatic heterocycles. The second kappa shape index (κ2) is 4.73. The molecule has 1 heterocycles. The first-order valence-corrected chi connectivity index (χ1v) is 6.42. The first-order valence-electron chi connectivity index (χ1n) is 6.42. The van der Waals surface area contributed by atoms with Gasteiger partial charge in [-0.1, -0.05) is 47.5 Å². The average Bonchev–Trinajstić information content (AvgIpc) is 2.90. The van der Waals surface area contributed by atoms with E-state index in [2.05, 4.69) is 67.5 Å². The van der Waals surface area contributed by atoms with Crippen molar-refractivity contribution in [3.05, 3.63) is 71.9 Å². The Hall–Kier alpha value is -2.35. The van der Waals surface area contributed by atoms with Gasteiger partial charge < -0.3 is 0 Å². The molecule has 3 aromatic rings. The summed E-state index contributed by atoms with van der Waals surface area (Å²) in [5.74, 6) is 0. The number of aromatic nitrogens is 2. The molecule has 0 saturated carbocycles. The molecule has 0 bridgehead atoms. The van der Waals surface area contributed by atoms with E-state index < -0.39 is 0 Å². The third-order valence-electron chi connectivity index (χ3n) is 3.23. The van der Waals surface area contributed by atoms with Gasteiger partial charge in [-0.3, -0.25) is 0 Å². The minimum Gasteiger partial charge on any atom is -0.240 e. The Balaban J connectivity index is 1.95. The molecule has 0 amide bonds. The number of benzene rings is 2. The maximum atomic E-state index is 4.63. The number of nitrogens with zero attached hydrogens (tertiary/aromatic N) is 2. The highest BCUT2D eigenvalue weighted by Gasteiger charge is 2.03. The third kappa shape index (κ3) is 2.43. The third-order valence-corrected chi connectivity index (χ3v) is 3.23. The molecule has 0 unspecified atom stereocenters. The number of aryl methyl sites for hydroxylation is 2. The van der Waals surface area contributed by atoms with Gasteiger partial charge in [-0.25, -0.2) is 4.68 Å². The Bertz CT molecular complexity index is 616. The lowest BCUT2D eigenvalue weighted by Gasteiger charge is -2.02. The molecule has 0 aliphatic carbocycles. The lowest BCUT2D eigenvalue weighted by Crippen LogP contribution is -1.94. The van der Waals surface area contributed by atoms with E-state index >= 15 is 0 Å². The van der Waals surface area contributed by atoms with Crippen molar-refractivity contribution in [3.8, 4) is 16.9 Å². The molecule has 2 heteroatoms. The molecule has 0 saturated heterocycles. The first kappa shape index (κ1) is 11.7. The second-order valence-corrected chi connectivity index (χ2v) is 4.85. The smallest absolute Gasteiger partial charge is 0.0927 e. The van der Waals surface area contributed by atoms with Gasteiger partial charge in [-0.05, 0) is 32.0 Å². The fourth-order valence-electron chi connectivity index (χ4n) is 2.04. The van der Waals surface area contributed by atoms with Crippen LogP contribution in [0.25, 0.3) is 16.9 Å². The molecule has 19 heavy (non-hydrogen) atoms. The van der Waals surface area contributed by atoms with Crippen LogP contribution in [0.4, 0.5) is 0 Å². The van der Waals surface area contributed by atoms with Crippen LogP contribution in [-0.4, -0.2) is 9.78 Å². The Morgan fingerprint density at radius 2 is 1.32 bits per heavy atom. The Kier molecular flexibility index (Phi) is 2.92. The summed E-state index contributed by atoms with van der Waals surface area (Å²) < 4.78 is 1.91. The predicted molar refractivity (Wildman–Crippen MR) is 78.5 cm³/mol. The highest BCUT2D eigenvalue weighted by Crippen LogP contribution is 2.19. The zero-order valence-corrected chi connectivity index (χ0v) is 11.2. The maximum absolute atomic E-state index is 4.63. The van der Waals surface area contributed by atoms with Crippen LogP contribution in [0, 0.1) is 13.8 Å². The van der Waals surface area contributed by atoms with Crippen LogP contribution in [0.2, 0.25) is 0 Å². The van der Waals surface area contributed by atoms with Gasteiger partial charge >= 0.3 is 0 Å². The van der Waals surface area contributed by atoms with Gasteiger partial charge in [0, 0.05) is 11.8 Å². The molecule has 0 atom stereocenters. The second-order valence-electron chi connectivity index (χ2n) is 4.85. The quantitative estimate of drug-likeness (QED) is 0.666.